The number of benzene rings is 3. The van der Waals surface area contributed by atoms with Crippen LogP contribution < -0.4 is 10.2 Å². The summed E-state index contributed by atoms with van der Waals surface area (Å²) in [5.41, 5.74) is 1.58. The minimum Gasteiger partial charge on any atom is -0.353 e. The van der Waals surface area contributed by atoms with Crippen LogP contribution in [0.25, 0.3) is 0 Å². The minimum atomic E-state index is -4.59. The molecule has 0 saturated carbocycles. The molecule has 46 heavy (non-hydrogen) atoms. The van der Waals surface area contributed by atoms with Crippen molar-refractivity contribution in [1.82, 2.24) is 9.88 Å². The Hall–Kier alpha value is -4.70. The molecule has 3 aromatic carbocycles. The largest absolute Gasteiger partial charge is 0.417 e. The van der Waals surface area contributed by atoms with Gasteiger partial charge < -0.3 is 15.1 Å². The summed E-state index contributed by atoms with van der Waals surface area (Å²) in [4.78, 5) is 43.2. The topological polar surface area (TPSA) is 82.6 Å². The summed E-state index contributed by atoms with van der Waals surface area (Å²) in [5.74, 6) is -0.0520. The first-order valence-electron chi connectivity index (χ1n) is 14.8. The lowest BCUT2D eigenvalue weighted by molar-refractivity contribution is -0.138. The fraction of sp³-hybridized carbons (Fsp3) is 0.257. The lowest BCUT2D eigenvalue weighted by Crippen LogP contribution is -2.49. The number of alkyl halides is 3. The van der Waals surface area contributed by atoms with Gasteiger partial charge in [-0.05, 0) is 59.8 Å². The normalized spacial score (nSPS) is 13.0. The van der Waals surface area contributed by atoms with Gasteiger partial charge in [0.15, 0.2) is 0 Å². The van der Waals surface area contributed by atoms with E-state index in [1.165, 1.54) is 23.1 Å². The molecule has 7 nitrogen and oxygen atoms in total. The van der Waals surface area contributed by atoms with E-state index in [0.29, 0.717) is 43.9 Å². The number of amides is 2. The molecule has 0 aliphatic carbocycles. The molecule has 0 atom stereocenters. The maximum Gasteiger partial charge on any atom is 0.417 e. The van der Waals surface area contributed by atoms with E-state index < -0.39 is 17.6 Å². The first-order valence-corrected chi connectivity index (χ1v) is 15.2. The van der Waals surface area contributed by atoms with Crippen molar-refractivity contribution in [2.24, 2.45) is 0 Å². The number of aryl methyl sites for hydroxylation is 2. The third-order valence-corrected chi connectivity index (χ3v) is 7.51. The molecule has 1 aromatic heterocycles. The van der Waals surface area contributed by atoms with Gasteiger partial charge in [0.1, 0.15) is 5.82 Å². The third kappa shape index (κ3) is 10.4. The second-order valence-electron chi connectivity index (χ2n) is 10.6. The zero-order chi connectivity index (χ0) is 32.9. The van der Waals surface area contributed by atoms with E-state index in [-0.39, 0.29) is 29.8 Å². The van der Waals surface area contributed by atoms with Crippen molar-refractivity contribution in [3.05, 3.63) is 126 Å². The van der Waals surface area contributed by atoms with Crippen molar-refractivity contribution in [1.29, 1.82) is 0 Å². The van der Waals surface area contributed by atoms with Crippen LogP contribution >= 0.6 is 11.6 Å². The number of nitrogens with zero attached hydrogens (tertiary/aromatic N) is 3. The van der Waals surface area contributed by atoms with Gasteiger partial charge in [-0.2, -0.15) is 13.2 Å². The van der Waals surface area contributed by atoms with Gasteiger partial charge in [0.25, 0.3) is 5.91 Å². The van der Waals surface area contributed by atoms with Crippen molar-refractivity contribution in [3.63, 3.8) is 0 Å². The minimum absolute atomic E-state index is 0.102. The molecule has 11 heteroatoms. The number of carbonyl (C=O) groups is 3. The van der Waals surface area contributed by atoms with Gasteiger partial charge in [0.2, 0.25) is 11.1 Å². The van der Waals surface area contributed by atoms with E-state index in [0.717, 1.165) is 23.6 Å². The van der Waals surface area contributed by atoms with Crippen molar-refractivity contribution < 1.29 is 27.6 Å². The molecule has 0 bridgehead atoms. The number of hydrogen-bond acceptors (Lipinski definition) is 5. The standard InChI is InChI=1S/C26H25F3N4O2.C9H9ClO/c27-26(28,29)22-9-5-4-8-21(22)25(35)33-16-14-32(15-17-33)23-12-11-20(18-30-23)31-24(34)13-10-19-6-2-1-3-7-19;10-9(11)7-6-8-4-2-1-3-5-8/h1-9,11-12,18H,10,13-17H2,(H,31,34);1-5H,6-7H2. The van der Waals surface area contributed by atoms with Crippen LogP contribution in [0, 0.1) is 0 Å². The summed E-state index contributed by atoms with van der Waals surface area (Å²) in [7, 11) is 0. The zero-order valence-corrected chi connectivity index (χ0v) is 25.8. The summed E-state index contributed by atoms with van der Waals surface area (Å²) in [6, 6.07) is 28.0. The fourth-order valence-electron chi connectivity index (χ4n) is 4.89. The van der Waals surface area contributed by atoms with Crippen molar-refractivity contribution in [3.8, 4) is 0 Å². The van der Waals surface area contributed by atoms with Crippen LogP contribution in [0.5, 0.6) is 0 Å². The van der Waals surface area contributed by atoms with Crippen molar-refractivity contribution >= 4 is 40.2 Å². The highest BCUT2D eigenvalue weighted by Gasteiger charge is 2.36. The molecule has 2 amide bonds. The molecule has 240 valence electrons. The Morgan fingerprint density at radius 3 is 1.85 bits per heavy atom. The first kappa shape index (κ1) is 34.2. The van der Waals surface area contributed by atoms with Gasteiger partial charge in [-0.1, -0.05) is 72.8 Å². The van der Waals surface area contributed by atoms with Crippen molar-refractivity contribution in [2.75, 3.05) is 36.4 Å². The van der Waals surface area contributed by atoms with Crippen LogP contribution in [0.3, 0.4) is 0 Å². The number of rotatable bonds is 9. The van der Waals surface area contributed by atoms with Crippen LogP contribution in [0.2, 0.25) is 0 Å². The van der Waals surface area contributed by atoms with E-state index in [1.807, 2.05) is 65.6 Å². The quantitative estimate of drug-likeness (QED) is 0.197. The molecule has 2 heterocycles. The van der Waals surface area contributed by atoms with Gasteiger partial charge in [0.05, 0.1) is 23.0 Å². The predicted octanol–water partition coefficient (Wildman–Crippen LogP) is 7.02. The van der Waals surface area contributed by atoms with E-state index in [2.05, 4.69) is 10.3 Å². The predicted molar refractivity (Wildman–Crippen MR) is 173 cm³/mol. The van der Waals surface area contributed by atoms with Crippen LogP contribution in [-0.2, 0) is 28.6 Å². The van der Waals surface area contributed by atoms with Gasteiger partial charge in [-0.15, -0.1) is 0 Å². The molecule has 5 rings (SSSR count). The molecule has 4 aromatic rings. The smallest absolute Gasteiger partial charge is 0.353 e. The Bertz CT molecular complexity index is 1580. The van der Waals surface area contributed by atoms with Crippen molar-refractivity contribution in [2.45, 2.75) is 31.9 Å². The number of halogens is 4. The van der Waals surface area contributed by atoms with Crippen LogP contribution in [0.15, 0.2) is 103 Å². The zero-order valence-electron chi connectivity index (χ0n) is 25.1. The summed E-state index contributed by atoms with van der Waals surface area (Å²) in [6.07, 6.45) is -0.841. The molecule has 1 fully saturated rings. The molecule has 1 aliphatic rings. The number of aromatic nitrogens is 1. The van der Waals surface area contributed by atoms with Gasteiger partial charge in [-0.25, -0.2) is 4.98 Å². The maximum absolute atomic E-state index is 13.3. The summed E-state index contributed by atoms with van der Waals surface area (Å²) < 4.78 is 39.8. The summed E-state index contributed by atoms with van der Waals surface area (Å²) in [6.45, 7) is 1.45. The lowest BCUT2D eigenvalue weighted by atomic mass is 10.1. The second kappa shape index (κ2) is 16.6. The highest BCUT2D eigenvalue weighted by Crippen LogP contribution is 2.32. The molecule has 1 N–H and O–H groups in total. The van der Waals surface area contributed by atoms with E-state index >= 15 is 0 Å². The Kier molecular flexibility index (Phi) is 12.3. The molecule has 1 aliphatic heterocycles. The van der Waals surface area contributed by atoms with Crippen LogP contribution in [0.4, 0.5) is 24.7 Å². The van der Waals surface area contributed by atoms with E-state index in [9.17, 15) is 27.6 Å². The average molecular weight is 651 g/mol. The Labute approximate surface area is 271 Å². The Balaban J connectivity index is 0.000000369. The van der Waals surface area contributed by atoms with E-state index in [4.69, 9.17) is 11.6 Å². The molecule has 0 unspecified atom stereocenters. The van der Waals surface area contributed by atoms with Crippen LogP contribution in [0.1, 0.15) is 39.9 Å². The maximum atomic E-state index is 13.3. The molecular formula is C35H34ClF3N4O3. The van der Waals surface area contributed by atoms with Gasteiger partial charge >= 0.3 is 6.18 Å². The average Bonchev–Trinajstić information content (AvgIpc) is 3.07. The number of pyridine rings is 1. The summed E-state index contributed by atoms with van der Waals surface area (Å²) >= 11 is 5.19. The fourth-order valence-corrected chi connectivity index (χ4v) is 4.98. The first-order chi connectivity index (χ1) is 22.1. The van der Waals surface area contributed by atoms with Gasteiger partial charge in [-0.3, -0.25) is 14.4 Å². The molecule has 0 radical (unpaired) electrons. The van der Waals surface area contributed by atoms with E-state index in [1.54, 1.807) is 18.3 Å². The van der Waals surface area contributed by atoms with Crippen LogP contribution in [-0.4, -0.2) is 53.1 Å². The molecule has 1 saturated heterocycles. The Morgan fingerprint density at radius 2 is 1.30 bits per heavy atom. The SMILES string of the molecule is O=C(CCc1ccccc1)Nc1ccc(N2CCN(C(=O)c3ccccc3C(F)(F)F)CC2)nc1.O=C(Cl)CCc1ccccc1. The highest BCUT2D eigenvalue weighted by molar-refractivity contribution is 6.63. The van der Waals surface area contributed by atoms with Gasteiger partial charge in [0, 0.05) is 39.0 Å². The number of hydrogen-bond donors (Lipinski definition) is 1. The number of nitrogens with one attached hydrogen (secondary N) is 1. The monoisotopic (exact) mass is 650 g/mol. The highest BCUT2D eigenvalue weighted by atomic mass is 35.5. The third-order valence-electron chi connectivity index (χ3n) is 7.32. The molecule has 0 spiro atoms. The Morgan fingerprint density at radius 1 is 0.739 bits per heavy atom. The summed E-state index contributed by atoms with van der Waals surface area (Å²) in [5, 5.41) is 2.57. The number of piperazine rings is 1. The number of anilines is 2. The number of carbonyl (C=O) groups excluding carboxylic acids is 3. The lowest BCUT2D eigenvalue weighted by Gasteiger charge is -2.35. The molecular weight excluding hydrogens is 617 g/mol. The second-order valence-corrected chi connectivity index (χ2v) is 11.0.